The summed E-state index contributed by atoms with van der Waals surface area (Å²) < 4.78 is 5.47. The number of piperidine rings is 1. The molecule has 1 fully saturated rings. The molecule has 0 saturated carbocycles. The lowest BCUT2D eigenvalue weighted by Gasteiger charge is -2.32. The Labute approximate surface area is 178 Å². The van der Waals surface area contributed by atoms with Crippen molar-refractivity contribution in [1.82, 2.24) is 9.80 Å². The number of nitrogens with zero attached hydrogens (tertiary/aromatic N) is 2. The van der Waals surface area contributed by atoms with Gasteiger partial charge in [-0.15, -0.1) is 0 Å². The van der Waals surface area contributed by atoms with E-state index in [9.17, 15) is 14.4 Å². The summed E-state index contributed by atoms with van der Waals surface area (Å²) in [5.41, 5.74) is 3.60. The van der Waals surface area contributed by atoms with Crippen LogP contribution >= 0.6 is 0 Å². The van der Waals surface area contributed by atoms with Gasteiger partial charge in [-0.2, -0.15) is 0 Å². The van der Waals surface area contributed by atoms with E-state index in [0.29, 0.717) is 43.5 Å². The number of likely N-dealkylation sites (tertiary alicyclic amines) is 1. The van der Waals surface area contributed by atoms with E-state index >= 15 is 0 Å². The molecule has 2 heterocycles. The zero-order valence-electron chi connectivity index (χ0n) is 18.3. The average molecular weight is 411 g/mol. The molecular weight excluding hydrogens is 380 g/mol. The summed E-state index contributed by atoms with van der Waals surface area (Å²) in [6.45, 7) is 12.9. The second-order valence-corrected chi connectivity index (χ2v) is 9.05. The lowest BCUT2D eigenvalue weighted by molar-refractivity contribution is 0.0235. The summed E-state index contributed by atoms with van der Waals surface area (Å²) in [5.74, 6) is -0.497. The van der Waals surface area contributed by atoms with Crippen molar-refractivity contribution >= 4 is 17.9 Å². The summed E-state index contributed by atoms with van der Waals surface area (Å²) in [6.07, 6.45) is 1.73. The van der Waals surface area contributed by atoms with Crippen molar-refractivity contribution in [3.63, 3.8) is 0 Å². The van der Waals surface area contributed by atoms with Gasteiger partial charge in [0.15, 0.2) is 0 Å². The smallest absolute Gasteiger partial charge is 0.410 e. The predicted octanol–water partition coefficient (Wildman–Crippen LogP) is 4.58. The highest BCUT2D eigenvalue weighted by Crippen LogP contribution is 2.29. The largest absolute Gasteiger partial charge is 0.444 e. The highest BCUT2D eigenvalue weighted by Gasteiger charge is 2.36. The molecule has 0 unspecified atom stereocenters. The monoisotopic (exact) mass is 410 g/mol. The second-order valence-electron chi connectivity index (χ2n) is 9.05. The molecule has 0 radical (unpaired) electrons. The third-order valence-corrected chi connectivity index (χ3v) is 5.26. The first-order valence-corrected chi connectivity index (χ1v) is 10.3. The first-order valence-electron chi connectivity index (χ1n) is 10.3. The Morgan fingerprint density at radius 3 is 2.07 bits per heavy atom. The number of amides is 3. The van der Waals surface area contributed by atoms with Crippen LogP contribution in [0.3, 0.4) is 0 Å². The van der Waals surface area contributed by atoms with E-state index < -0.39 is 5.60 Å². The number of imide groups is 1. The van der Waals surface area contributed by atoms with E-state index in [-0.39, 0.29) is 24.5 Å². The molecule has 6 nitrogen and oxygen atoms in total. The molecule has 0 aliphatic carbocycles. The molecule has 6 heteroatoms. The maximum Gasteiger partial charge on any atom is 0.410 e. The zero-order chi connectivity index (χ0) is 22.1. The molecule has 0 bridgehead atoms. The summed E-state index contributed by atoms with van der Waals surface area (Å²) in [7, 11) is 0. The Bertz CT molecular complexity index is 878. The Hall–Kier alpha value is -2.89. The molecule has 3 amide bonds. The minimum Gasteiger partial charge on any atom is -0.444 e. The maximum absolute atomic E-state index is 12.8. The molecule has 3 rings (SSSR count). The van der Waals surface area contributed by atoms with Crippen molar-refractivity contribution in [2.24, 2.45) is 0 Å². The highest BCUT2D eigenvalue weighted by molar-refractivity contribution is 6.21. The number of hydrogen-bond acceptors (Lipinski definition) is 4. The van der Waals surface area contributed by atoms with Crippen molar-refractivity contribution in [1.29, 1.82) is 0 Å². The molecule has 2 aliphatic rings. The average Bonchev–Trinajstić information content (AvgIpc) is 2.91. The van der Waals surface area contributed by atoms with Crippen LogP contribution in [0.1, 0.15) is 67.7 Å². The fourth-order valence-corrected chi connectivity index (χ4v) is 3.87. The van der Waals surface area contributed by atoms with Crippen LogP contribution in [0.25, 0.3) is 0 Å². The van der Waals surface area contributed by atoms with Crippen LogP contribution in [0.5, 0.6) is 0 Å². The van der Waals surface area contributed by atoms with Crippen LogP contribution in [0.4, 0.5) is 4.79 Å². The normalized spacial score (nSPS) is 16.6. The van der Waals surface area contributed by atoms with E-state index in [1.54, 1.807) is 29.2 Å². The molecule has 0 spiro atoms. The second kappa shape index (κ2) is 8.46. The summed E-state index contributed by atoms with van der Waals surface area (Å²) in [4.78, 5) is 40.9. The van der Waals surface area contributed by atoms with Gasteiger partial charge in [-0.05, 0) is 64.7 Å². The topological polar surface area (TPSA) is 66.9 Å². The summed E-state index contributed by atoms with van der Waals surface area (Å²) >= 11 is 0. The zero-order valence-corrected chi connectivity index (χ0v) is 18.3. The number of ether oxygens (including phenoxy) is 1. The van der Waals surface area contributed by atoms with Gasteiger partial charge in [0.1, 0.15) is 5.60 Å². The fourth-order valence-electron chi connectivity index (χ4n) is 3.87. The Morgan fingerprint density at radius 2 is 1.60 bits per heavy atom. The molecule has 160 valence electrons. The number of carbonyl (C=O) groups excluding carboxylic acids is 3. The van der Waals surface area contributed by atoms with Gasteiger partial charge in [-0.1, -0.05) is 29.9 Å². The molecule has 30 heavy (non-hydrogen) atoms. The van der Waals surface area contributed by atoms with E-state index in [0.717, 1.165) is 11.1 Å². The lowest BCUT2D eigenvalue weighted by Crippen LogP contribution is -2.40. The SMILES string of the molecule is C=C(C)CC(CN1C(=O)c2ccccc2C1=O)=C1CCN(C(=O)OC(C)(C)C)CC1. The van der Waals surface area contributed by atoms with Gasteiger partial charge in [0.2, 0.25) is 0 Å². The van der Waals surface area contributed by atoms with Gasteiger partial charge in [-0.25, -0.2) is 4.79 Å². The molecule has 1 aromatic carbocycles. The molecule has 2 aliphatic heterocycles. The van der Waals surface area contributed by atoms with Gasteiger partial charge in [0, 0.05) is 13.1 Å². The molecule has 0 aromatic heterocycles. The number of hydrogen-bond donors (Lipinski definition) is 0. The quantitative estimate of drug-likeness (QED) is 0.538. The van der Waals surface area contributed by atoms with Crippen LogP contribution in [0.2, 0.25) is 0 Å². The highest BCUT2D eigenvalue weighted by atomic mass is 16.6. The van der Waals surface area contributed by atoms with E-state index in [2.05, 4.69) is 6.58 Å². The van der Waals surface area contributed by atoms with Crippen molar-refractivity contribution in [2.45, 2.75) is 52.6 Å². The predicted molar refractivity (Wildman–Crippen MR) is 115 cm³/mol. The van der Waals surface area contributed by atoms with E-state index in [4.69, 9.17) is 4.74 Å². The van der Waals surface area contributed by atoms with Gasteiger partial charge < -0.3 is 9.64 Å². The van der Waals surface area contributed by atoms with Crippen LogP contribution in [-0.2, 0) is 4.74 Å². The van der Waals surface area contributed by atoms with Gasteiger partial charge >= 0.3 is 6.09 Å². The first-order chi connectivity index (χ1) is 14.1. The minimum atomic E-state index is -0.524. The van der Waals surface area contributed by atoms with Gasteiger partial charge in [0.05, 0.1) is 17.7 Å². The Morgan fingerprint density at radius 1 is 1.07 bits per heavy atom. The molecular formula is C24H30N2O4. The van der Waals surface area contributed by atoms with Gasteiger partial charge in [0.25, 0.3) is 11.8 Å². The molecule has 1 aromatic rings. The molecule has 0 atom stereocenters. The number of benzene rings is 1. The number of fused-ring (bicyclic) bond motifs is 1. The summed E-state index contributed by atoms with van der Waals surface area (Å²) in [5, 5.41) is 0. The number of allylic oxidation sites excluding steroid dienone is 1. The minimum absolute atomic E-state index is 0.249. The third-order valence-electron chi connectivity index (χ3n) is 5.26. The molecule has 1 saturated heterocycles. The van der Waals surface area contributed by atoms with Crippen LogP contribution in [-0.4, -0.2) is 52.9 Å². The molecule has 0 N–H and O–H groups in total. The van der Waals surface area contributed by atoms with Crippen molar-refractivity contribution in [3.05, 3.63) is 58.7 Å². The van der Waals surface area contributed by atoms with Crippen molar-refractivity contribution in [2.75, 3.05) is 19.6 Å². The van der Waals surface area contributed by atoms with Crippen molar-refractivity contribution < 1.29 is 19.1 Å². The number of rotatable bonds is 4. The van der Waals surface area contributed by atoms with E-state index in [1.807, 2.05) is 27.7 Å². The Balaban J connectivity index is 1.75. The Kier molecular flexibility index (Phi) is 6.15. The van der Waals surface area contributed by atoms with Gasteiger partial charge in [-0.3, -0.25) is 14.5 Å². The maximum atomic E-state index is 12.8. The number of carbonyl (C=O) groups is 3. The van der Waals surface area contributed by atoms with Crippen molar-refractivity contribution in [3.8, 4) is 0 Å². The summed E-state index contributed by atoms with van der Waals surface area (Å²) in [6, 6.07) is 6.93. The third kappa shape index (κ3) is 4.81. The fraction of sp³-hybridized carbons (Fsp3) is 0.458. The van der Waals surface area contributed by atoms with Crippen LogP contribution in [0.15, 0.2) is 47.6 Å². The standard InChI is InChI=1S/C24H30N2O4/c1-16(2)14-18(15-26-21(27)19-8-6-7-9-20(19)22(26)28)17-10-12-25(13-11-17)23(29)30-24(3,4)5/h6-9H,1,10-15H2,2-5H3. The first kappa shape index (κ1) is 21.8. The van der Waals surface area contributed by atoms with Crippen LogP contribution in [0, 0.1) is 0 Å². The van der Waals surface area contributed by atoms with Crippen LogP contribution < -0.4 is 0 Å². The lowest BCUT2D eigenvalue weighted by atomic mass is 9.93. The van der Waals surface area contributed by atoms with E-state index in [1.165, 1.54) is 10.5 Å².